The minimum absolute atomic E-state index is 0. The average Bonchev–Trinajstić information content (AvgIpc) is 1.68. The first kappa shape index (κ1) is 11.1. The van der Waals surface area contributed by atoms with Gasteiger partial charge in [0.15, 0.2) is 5.97 Å². The predicted molar refractivity (Wildman–Crippen MR) is 27.8 cm³/mol. The van der Waals surface area contributed by atoms with Gasteiger partial charge in [0.25, 0.3) is 0 Å². The molecule has 0 amide bonds. The first-order valence-corrected chi connectivity index (χ1v) is 2.08. The van der Waals surface area contributed by atoms with Crippen LogP contribution in [0.1, 0.15) is 0 Å². The Morgan fingerprint density at radius 2 is 2.38 bits per heavy atom. The smallest absolute Gasteiger partial charge is 0.175 e. The maximum Gasteiger partial charge on any atom is 0.175 e. The van der Waals surface area contributed by atoms with Crippen LogP contribution in [0.2, 0.25) is 0 Å². The van der Waals surface area contributed by atoms with E-state index in [1.165, 1.54) is 0 Å². The van der Waals surface area contributed by atoms with Gasteiger partial charge in [-0.25, -0.2) is 0 Å². The van der Waals surface area contributed by atoms with Crippen LogP contribution in [-0.2, 0) is 29.1 Å². The molecule has 0 spiro atoms. The van der Waals surface area contributed by atoms with Crippen molar-refractivity contribution in [2.75, 3.05) is 0 Å². The Labute approximate surface area is 62.8 Å². The normalized spacial score (nSPS) is 6.62. The van der Waals surface area contributed by atoms with Gasteiger partial charge in [0.1, 0.15) is 0 Å². The van der Waals surface area contributed by atoms with Crippen LogP contribution in [-0.4, -0.2) is 5.97 Å². The van der Waals surface area contributed by atoms with Crippen LogP contribution in [0.4, 0.5) is 0 Å². The molecule has 1 atom stereocenters. The number of rotatable bonds is 2. The summed E-state index contributed by atoms with van der Waals surface area (Å²) < 4.78 is 0. The first-order valence-electron chi connectivity index (χ1n) is 1.50. The van der Waals surface area contributed by atoms with Gasteiger partial charge in [-0.05, 0) is 9.39 Å². The summed E-state index contributed by atoms with van der Waals surface area (Å²) in [6.07, 6.45) is 1.98. The van der Waals surface area contributed by atoms with Crippen molar-refractivity contribution in [1.29, 1.82) is 0 Å². The van der Waals surface area contributed by atoms with Gasteiger partial charge in [-0.3, -0.25) is 11.4 Å². The van der Waals surface area contributed by atoms with Crippen molar-refractivity contribution in [2.45, 2.75) is 0 Å². The van der Waals surface area contributed by atoms with Crippen LogP contribution in [0.5, 0.6) is 0 Å². The molecule has 8 heavy (non-hydrogen) atoms. The average molecular weight is 183 g/mol. The quantitative estimate of drug-likeness (QED) is 0.212. The molecule has 0 fully saturated rings. The van der Waals surface area contributed by atoms with Crippen molar-refractivity contribution in [3.05, 3.63) is 12.7 Å². The molecule has 0 aromatic rings. The Kier molecular flexibility index (Phi) is 10.0. The van der Waals surface area contributed by atoms with Crippen molar-refractivity contribution in [2.24, 2.45) is 0 Å². The van der Waals surface area contributed by atoms with Crippen LogP contribution in [0.3, 0.4) is 0 Å². The zero-order chi connectivity index (χ0) is 5.70. The second-order valence-electron chi connectivity index (χ2n) is 0.684. The van der Waals surface area contributed by atoms with Gasteiger partial charge in [-0.15, -0.1) is 5.25 Å². The number of hydrogen-bond acceptors (Lipinski definition) is 3. The maximum atomic E-state index is 9.94. The summed E-state index contributed by atoms with van der Waals surface area (Å²) in [6, 6.07) is 0. The number of nitrogens with one attached hydrogen (secondary N) is 1. The van der Waals surface area contributed by atoms with Crippen LogP contribution in [0, 0.1) is 6.08 Å². The summed E-state index contributed by atoms with van der Waals surface area (Å²) in [5, 5.41) is 2.08. The molecule has 0 aliphatic carbocycles. The third-order valence-electron chi connectivity index (χ3n) is 0.296. The zero-order valence-electron chi connectivity index (χ0n) is 4.31. The molecule has 0 aliphatic heterocycles. The molecule has 42 valence electrons. The molecule has 1 unspecified atom stereocenters. The molecule has 1 N–H and O–H groups in total. The fourth-order valence-electron chi connectivity index (χ4n) is 0.0896. The van der Waals surface area contributed by atoms with Gasteiger partial charge in [0.05, 0.1) is 0 Å². The Bertz CT molecular complexity index is 87.4. The third kappa shape index (κ3) is 6.22. The molecule has 0 saturated heterocycles. The molecule has 3 nitrogen and oxygen atoms in total. The van der Waals surface area contributed by atoms with E-state index in [9.17, 15) is 4.79 Å². The van der Waals surface area contributed by atoms with E-state index in [2.05, 4.69) is 16.7 Å². The van der Waals surface area contributed by atoms with E-state index in [1.807, 2.05) is 15.5 Å². The van der Waals surface area contributed by atoms with Crippen LogP contribution in [0.15, 0.2) is 6.58 Å². The maximum absolute atomic E-state index is 9.94. The summed E-state index contributed by atoms with van der Waals surface area (Å²) >= 11 is 0. The molecule has 5 heteroatoms. The predicted octanol–water partition coefficient (Wildman–Crippen LogP) is -0.189. The monoisotopic (exact) mass is 182 g/mol. The Morgan fingerprint density at radius 3 is 2.50 bits per heavy atom. The molecule has 0 rings (SSSR count). The largest absolute Gasteiger partial charge is 0.402 e. The molecule has 0 aliphatic rings. The van der Waals surface area contributed by atoms with E-state index in [4.69, 9.17) is 0 Å². The first-order chi connectivity index (χ1) is 3.31. The molecular weight excluding hydrogens is 178 g/mol. The second-order valence-corrected chi connectivity index (χ2v) is 0.920. The third-order valence-corrected chi connectivity index (χ3v) is 0.414. The van der Waals surface area contributed by atoms with E-state index < -0.39 is 5.97 Å². The summed E-state index contributed by atoms with van der Waals surface area (Å²) in [5.41, 5.74) is 0. The van der Waals surface area contributed by atoms with Crippen LogP contribution < -0.4 is 5.25 Å². The van der Waals surface area contributed by atoms with E-state index in [0.29, 0.717) is 0 Å². The SMILES string of the molecule is C=[C-]C(=O)ONP.[Zn]. The van der Waals surface area contributed by atoms with Crippen molar-refractivity contribution in [3.8, 4) is 0 Å². The minimum atomic E-state index is -0.616. The molecule has 0 bridgehead atoms. The second kappa shape index (κ2) is 7.22. The van der Waals surface area contributed by atoms with E-state index >= 15 is 0 Å². The van der Waals surface area contributed by atoms with E-state index in [0.717, 1.165) is 0 Å². The zero-order valence-corrected chi connectivity index (χ0v) is 8.43. The fraction of sp³-hybridized carbons (Fsp3) is 0. The Balaban J connectivity index is 0. The summed E-state index contributed by atoms with van der Waals surface area (Å²) in [6.45, 7) is 3.03. The molecular formula is C3H5NO2PZn-. The molecule has 0 saturated carbocycles. The number of hydrogen-bond donors (Lipinski definition) is 1. The van der Waals surface area contributed by atoms with E-state index in [-0.39, 0.29) is 19.5 Å². The summed E-state index contributed by atoms with van der Waals surface area (Å²) in [5.74, 6) is -0.616. The van der Waals surface area contributed by atoms with Gasteiger partial charge in [0, 0.05) is 19.5 Å². The number of carbonyl (C=O) groups excluding carboxylic acids is 1. The Hall–Kier alpha value is 0.223. The van der Waals surface area contributed by atoms with E-state index in [1.54, 1.807) is 0 Å². The van der Waals surface area contributed by atoms with Crippen molar-refractivity contribution < 1.29 is 29.1 Å². The molecule has 0 aromatic carbocycles. The van der Waals surface area contributed by atoms with Crippen molar-refractivity contribution in [3.63, 3.8) is 0 Å². The standard InChI is InChI=1S/C3H5NO2P.Zn/c1-2-3(5)6-4-7;/h4H,1,7H2;/q-1;. The van der Waals surface area contributed by atoms with Crippen LogP contribution in [0.25, 0.3) is 0 Å². The Morgan fingerprint density at radius 1 is 1.88 bits per heavy atom. The molecule has 0 aromatic heterocycles. The fourth-order valence-corrected chi connectivity index (χ4v) is 0.197. The molecule has 0 heterocycles. The van der Waals surface area contributed by atoms with Crippen molar-refractivity contribution >= 4 is 15.4 Å². The van der Waals surface area contributed by atoms with Gasteiger partial charge < -0.3 is 10.9 Å². The topological polar surface area (TPSA) is 38.3 Å². The number of carbonyl (C=O) groups is 1. The minimum Gasteiger partial charge on any atom is -0.402 e. The molecule has 0 radical (unpaired) electrons. The van der Waals surface area contributed by atoms with Crippen LogP contribution >= 0.6 is 9.39 Å². The summed E-state index contributed by atoms with van der Waals surface area (Å²) in [7, 11) is 1.99. The van der Waals surface area contributed by atoms with Crippen molar-refractivity contribution in [1.82, 2.24) is 5.25 Å². The van der Waals surface area contributed by atoms with Gasteiger partial charge in [0.2, 0.25) is 0 Å². The van der Waals surface area contributed by atoms with Gasteiger partial charge in [-0.2, -0.15) is 0 Å². The van der Waals surface area contributed by atoms with Gasteiger partial charge in [-0.1, -0.05) is 0 Å². The van der Waals surface area contributed by atoms with Gasteiger partial charge >= 0.3 is 0 Å². The summed E-state index contributed by atoms with van der Waals surface area (Å²) in [4.78, 5) is 14.0.